The predicted octanol–water partition coefficient (Wildman–Crippen LogP) is 4.20. The summed E-state index contributed by atoms with van der Waals surface area (Å²) >= 11 is 1.71. The molecule has 0 aliphatic rings. The van der Waals surface area contributed by atoms with Crippen molar-refractivity contribution in [3.05, 3.63) is 29.3 Å². The fourth-order valence-electron chi connectivity index (χ4n) is 1.89. The Bertz CT molecular complexity index is 415. The number of aromatic nitrogens is 1. The first-order valence-electron chi connectivity index (χ1n) is 5.18. The third-order valence-corrected chi connectivity index (χ3v) is 3.62. The van der Waals surface area contributed by atoms with Gasteiger partial charge in [-0.25, -0.2) is 4.98 Å². The highest BCUT2D eigenvalue weighted by Crippen LogP contribution is 2.27. The average molecular weight is 205 g/mol. The highest BCUT2D eigenvalue weighted by atomic mass is 32.1. The van der Waals surface area contributed by atoms with Gasteiger partial charge in [0.25, 0.3) is 0 Å². The predicted molar refractivity (Wildman–Crippen MR) is 62.9 cm³/mol. The number of fused-ring (bicyclic) bond motifs is 1. The van der Waals surface area contributed by atoms with Gasteiger partial charge in [0, 0.05) is 0 Å². The van der Waals surface area contributed by atoms with Gasteiger partial charge in [0.1, 0.15) is 0 Å². The molecule has 0 radical (unpaired) electrons. The second-order valence-corrected chi connectivity index (χ2v) is 4.48. The van der Waals surface area contributed by atoms with Crippen LogP contribution in [0.4, 0.5) is 0 Å². The SMILES string of the molecule is CCC(CC)c1ccc2scnc2c1. The molecule has 0 aliphatic heterocycles. The first-order chi connectivity index (χ1) is 6.85. The average Bonchev–Trinajstić information content (AvgIpc) is 2.66. The van der Waals surface area contributed by atoms with Crippen LogP contribution in [0.25, 0.3) is 10.2 Å². The molecular formula is C12H15NS. The summed E-state index contributed by atoms with van der Waals surface area (Å²) < 4.78 is 1.29. The van der Waals surface area contributed by atoms with E-state index < -0.39 is 0 Å². The lowest BCUT2D eigenvalue weighted by molar-refractivity contribution is 0.642. The van der Waals surface area contributed by atoms with E-state index in [1.54, 1.807) is 11.3 Å². The van der Waals surface area contributed by atoms with Gasteiger partial charge < -0.3 is 0 Å². The van der Waals surface area contributed by atoms with Gasteiger partial charge in [-0.15, -0.1) is 11.3 Å². The Morgan fingerprint density at radius 3 is 2.79 bits per heavy atom. The number of hydrogen-bond donors (Lipinski definition) is 0. The van der Waals surface area contributed by atoms with E-state index in [1.807, 2.05) is 5.51 Å². The first-order valence-corrected chi connectivity index (χ1v) is 6.06. The van der Waals surface area contributed by atoms with Crippen LogP contribution >= 0.6 is 11.3 Å². The summed E-state index contributed by atoms with van der Waals surface area (Å²) in [5, 5.41) is 0. The van der Waals surface area contributed by atoms with Crippen molar-refractivity contribution >= 4 is 21.6 Å². The van der Waals surface area contributed by atoms with Crippen LogP contribution in [-0.2, 0) is 0 Å². The maximum atomic E-state index is 4.35. The molecular weight excluding hydrogens is 190 g/mol. The van der Waals surface area contributed by atoms with E-state index in [-0.39, 0.29) is 0 Å². The lowest BCUT2D eigenvalue weighted by Crippen LogP contribution is -1.94. The van der Waals surface area contributed by atoms with Gasteiger partial charge in [-0.1, -0.05) is 19.9 Å². The molecule has 1 aromatic heterocycles. The molecule has 0 saturated heterocycles. The molecule has 2 aromatic rings. The van der Waals surface area contributed by atoms with Crippen LogP contribution in [0.5, 0.6) is 0 Å². The van der Waals surface area contributed by atoms with Crippen LogP contribution in [0.15, 0.2) is 23.7 Å². The number of nitrogens with zero attached hydrogens (tertiary/aromatic N) is 1. The molecule has 1 nitrogen and oxygen atoms in total. The quantitative estimate of drug-likeness (QED) is 0.731. The molecule has 0 atom stereocenters. The summed E-state index contributed by atoms with van der Waals surface area (Å²) in [5.41, 5.74) is 4.51. The lowest BCUT2D eigenvalue weighted by atomic mass is 9.94. The van der Waals surface area contributed by atoms with Gasteiger partial charge >= 0.3 is 0 Å². The molecule has 74 valence electrons. The molecule has 1 heterocycles. The summed E-state index contributed by atoms with van der Waals surface area (Å²) in [6.07, 6.45) is 2.43. The molecule has 2 heteroatoms. The summed E-state index contributed by atoms with van der Waals surface area (Å²) in [5.74, 6) is 0.695. The fourth-order valence-corrected chi connectivity index (χ4v) is 2.55. The van der Waals surface area contributed by atoms with Crippen LogP contribution in [0.1, 0.15) is 38.2 Å². The number of rotatable bonds is 3. The van der Waals surface area contributed by atoms with Gasteiger partial charge in [0.15, 0.2) is 0 Å². The van der Waals surface area contributed by atoms with Gasteiger partial charge in [0.2, 0.25) is 0 Å². The lowest BCUT2D eigenvalue weighted by Gasteiger charge is -2.12. The normalized spacial score (nSPS) is 11.4. The smallest absolute Gasteiger partial charge is 0.0814 e. The standard InChI is InChI=1S/C12H15NS/c1-3-9(4-2)10-5-6-12-11(7-10)13-8-14-12/h5-9H,3-4H2,1-2H3. The zero-order valence-electron chi connectivity index (χ0n) is 8.66. The summed E-state index contributed by atoms with van der Waals surface area (Å²) in [6, 6.07) is 6.68. The van der Waals surface area contributed by atoms with Crippen molar-refractivity contribution in [1.82, 2.24) is 4.98 Å². The number of hydrogen-bond acceptors (Lipinski definition) is 2. The Morgan fingerprint density at radius 1 is 1.29 bits per heavy atom. The Labute approximate surface area is 88.8 Å². The molecule has 2 rings (SSSR count). The minimum absolute atomic E-state index is 0.695. The number of benzene rings is 1. The molecule has 14 heavy (non-hydrogen) atoms. The monoisotopic (exact) mass is 205 g/mol. The highest BCUT2D eigenvalue weighted by Gasteiger charge is 2.07. The van der Waals surface area contributed by atoms with Crippen molar-refractivity contribution in [2.24, 2.45) is 0 Å². The van der Waals surface area contributed by atoms with Crippen LogP contribution < -0.4 is 0 Å². The van der Waals surface area contributed by atoms with E-state index in [0.29, 0.717) is 5.92 Å². The number of thiazole rings is 1. The molecule has 0 unspecified atom stereocenters. The van der Waals surface area contributed by atoms with E-state index >= 15 is 0 Å². The van der Waals surface area contributed by atoms with E-state index in [9.17, 15) is 0 Å². The van der Waals surface area contributed by atoms with Crippen molar-refractivity contribution in [2.75, 3.05) is 0 Å². The Balaban J connectivity index is 2.42. The van der Waals surface area contributed by atoms with Crippen molar-refractivity contribution in [1.29, 1.82) is 0 Å². The maximum Gasteiger partial charge on any atom is 0.0814 e. The van der Waals surface area contributed by atoms with Crippen molar-refractivity contribution in [3.63, 3.8) is 0 Å². The maximum absolute atomic E-state index is 4.35. The van der Waals surface area contributed by atoms with Gasteiger partial charge in [-0.05, 0) is 36.5 Å². The molecule has 0 bridgehead atoms. The largest absolute Gasteiger partial charge is 0.245 e. The second-order valence-electron chi connectivity index (χ2n) is 3.59. The van der Waals surface area contributed by atoms with Crippen molar-refractivity contribution in [3.8, 4) is 0 Å². The summed E-state index contributed by atoms with van der Waals surface area (Å²) in [6.45, 7) is 4.50. The van der Waals surface area contributed by atoms with E-state index in [1.165, 1.54) is 23.1 Å². The molecule has 0 N–H and O–H groups in total. The Morgan fingerprint density at radius 2 is 2.07 bits per heavy atom. The molecule has 0 spiro atoms. The molecule has 0 saturated carbocycles. The van der Waals surface area contributed by atoms with Crippen molar-refractivity contribution < 1.29 is 0 Å². The minimum atomic E-state index is 0.695. The van der Waals surface area contributed by atoms with Crippen LogP contribution in [0.3, 0.4) is 0 Å². The zero-order chi connectivity index (χ0) is 9.97. The molecule has 1 aromatic carbocycles. The topological polar surface area (TPSA) is 12.9 Å². The van der Waals surface area contributed by atoms with Crippen molar-refractivity contribution in [2.45, 2.75) is 32.6 Å². The van der Waals surface area contributed by atoms with E-state index in [2.05, 4.69) is 37.0 Å². The fraction of sp³-hybridized carbons (Fsp3) is 0.417. The van der Waals surface area contributed by atoms with E-state index in [0.717, 1.165) is 5.52 Å². The summed E-state index contributed by atoms with van der Waals surface area (Å²) in [4.78, 5) is 4.35. The zero-order valence-corrected chi connectivity index (χ0v) is 9.47. The van der Waals surface area contributed by atoms with Crippen LogP contribution in [0.2, 0.25) is 0 Å². The Hall–Kier alpha value is -0.890. The highest BCUT2D eigenvalue weighted by molar-refractivity contribution is 7.16. The third kappa shape index (κ3) is 1.67. The van der Waals surface area contributed by atoms with Crippen LogP contribution in [-0.4, -0.2) is 4.98 Å². The molecule has 0 aliphatic carbocycles. The van der Waals surface area contributed by atoms with Gasteiger partial charge in [0.05, 0.1) is 15.7 Å². The second kappa shape index (κ2) is 4.09. The first kappa shape index (κ1) is 9.66. The Kier molecular flexibility index (Phi) is 2.82. The molecule has 0 amide bonds. The van der Waals surface area contributed by atoms with Gasteiger partial charge in [-0.2, -0.15) is 0 Å². The molecule has 0 fully saturated rings. The van der Waals surface area contributed by atoms with E-state index in [4.69, 9.17) is 0 Å². The third-order valence-electron chi connectivity index (χ3n) is 2.81. The minimum Gasteiger partial charge on any atom is -0.245 e. The van der Waals surface area contributed by atoms with Crippen LogP contribution in [0, 0.1) is 0 Å². The summed E-state index contributed by atoms with van der Waals surface area (Å²) in [7, 11) is 0. The van der Waals surface area contributed by atoms with Gasteiger partial charge in [-0.3, -0.25) is 0 Å².